The molecule has 2 aromatic carbocycles. The Balaban J connectivity index is 1.51. The van der Waals surface area contributed by atoms with Gasteiger partial charge in [0, 0.05) is 60.8 Å². The van der Waals surface area contributed by atoms with Crippen LogP contribution in [0.4, 0.5) is 0 Å². The number of aryl methyl sites for hydroxylation is 2. The van der Waals surface area contributed by atoms with Gasteiger partial charge in [-0.05, 0) is 96.7 Å². The number of cyclic esters (lactones) is 1. The number of carbonyl (C=O) groups is 4. The SMILES string of the molecule is CCc1ccncc1-c1c2c3cc(ccc3n1CC)-c1cc(O)cc(c1)C[C@H](NC(=O)[C@H](C(C)C)N(C)C(=O)CO)C(=O)N1CCC[C@H](N1)C(=O)OCC(C)(C)C2. The number of phenols is 1. The van der Waals surface area contributed by atoms with Crippen LogP contribution in [0.25, 0.3) is 33.3 Å². The van der Waals surface area contributed by atoms with E-state index in [-0.39, 0.29) is 31.2 Å². The number of ether oxygens (including phenoxy) is 1. The quantitative estimate of drug-likeness (QED) is 0.184. The number of phenolic OH excluding ortho intramolecular Hbond substituents is 1. The molecule has 0 aliphatic carbocycles. The third-order valence-electron chi connectivity index (χ3n) is 11.2. The zero-order chi connectivity index (χ0) is 41.2. The van der Waals surface area contributed by atoms with E-state index in [9.17, 15) is 29.4 Å². The summed E-state index contributed by atoms with van der Waals surface area (Å²) in [5.74, 6) is -2.50. The summed E-state index contributed by atoms with van der Waals surface area (Å²) in [5.41, 5.74) is 10.2. The van der Waals surface area contributed by atoms with Gasteiger partial charge >= 0.3 is 5.97 Å². The van der Waals surface area contributed by atoms with Gasteiger partial charge in [-0.1, -0.05) is 46.8 Å². The number of fused-ring (bicyclic) bond motifs is 6. The number of nitrogens with zero attached hydrogens (tertiary/aromatic N) is 4. The summed E-state index contributed by atoms with van der Waals surface area (Å²) >= 11 is 0. The molecule has 1 fully saturated rings. The van der Waals surface area contributed by atoms with Crippen molar-refractivity contribution in [2.24, 2.45) is 11.3 Å². The van der Waals surface area contributed by atoms with Crippen LogP contribution < -0.4 is 10.7 Å². The number of esters is 1. The lowest BCUT2D eigenvalue weighted by atomic mass is 9.84. The summed E-state index contributed by atoms with van der Waals surface area (Å²) in [6, 6.07) is 10.6. The Morgan fingerprint density at radius 3 is 2.58 bits per heavy atom. The van der Waals surface area contributed by atoms with E-state index in [4.69, 9.17) is 4.74 Å². The fraction of sp³-hybridized carbons (Fsp3) is 0.477. The zero-order valence-electron chi connectivity index (χ0n) is 34.1. The number of aromatic hydroxyl groups is 1. The second-order valence-electron chi connectivity index (χ2n) is 16.5. The van der Waals surface area contributed by atoms with Gasteiger partial charge in [0.2, 0.25) is 11.8 Å². The number of hydrogen-bond acceptors (Lipinski definition) is 9. The lowest BCUT2D eigenvalue weighted by Crippen LogP contribution is -2.62. The van der Waals surface area contributed by atoms with Crippen molar-refractivity contribution >= 4 is 34.6 Å². The van der Waals surface area contributed by atoms with Crippen LogP contribution in [0.15, 0.2) is 54.9 Å². The van der Waals surface area contributed by atoms with E-state index < -0.39 is 53.8 Å². The maximum absolute atomic E-state index is 14.4. The Morgan fingerprint density at radius 1 is 1.11 bits per heavy atom. The van der Waals surface area contributed by atoms with Crippen molar-refractivity contribution in [1.29, 1.82) is 0 Å². The number of aliphatic hydroxyl groups excluding tert-OH is 1. The number of hydrogen-bond donors (Lipinski definition) is 4. The highest BCUT2D eigenvalue weighted by atomic mass is 16.5. The molecule has 13 heteroatoms. The van der Waals surface area contributed by atoms with Crippen LogP contribution in [0.5, 0.6) is 5.75 Å². The van der Waals surface area contributed by atoms with Crippen LogP contribution in [0.3, 0.4) is 0 Å². The Kier molecular flexibility index (Phi) is 12.4. The van der Waals surface area contributed by atoms with Gasteiger partial charge in [0.1, 0.15) is 30.5 Å². The average Bonchev–Trinajstić information content (AvgIpc) is 3.49. The zero-order valence-corrected chi connectivity index (χ0v) is 34.1. The molecule has 3 atom stereocenters. The number of hydrazine groups is 1. The van der Waals surface area contributed by atoms with Crippen LogP contribution in [0, 0.1) is 11.3 Å². The summed E-state index contributed by atoms with van der Waals surface area (Å²) in [6.45, 7) is 12.4. The molecule has 6 bridgehead atoms. The van der Waals surface area contributed by atoms with Gasteiger partial charge < -0.3 is 29.7 Å². The molecule has 0 spiro atoms. The minimum Gasteiger partial charge on any atom is -0.508 e. The molecule has 2 aliphatic heterocycles. The van der Waals surface area contributed by atoms with Gasteiger partial charge in [-0.15, -0.1) is 0 Å². The Labute approximate surface area is 334 Å². The summed E-state index contributed by atoms with van der Waals surface area (Å²) in [6.07, 6.45) is 6.14. The smallest absolute Gasteiger partial charge is 0.324 e. The van der Waals surface area contributed by atoms with Crippen molar-refractivity contribution in [2.75, 3.05) is 26.8 Å². The molecule has 4 heterocycles. The molecule has 13 nitrogen and oxygen atoms in total. The standard InChI is InChI=1S/C44H56N6O7/c1-8-28-14-15-45-23-34(28)40-33-22-44(5,6)25-57-43(56)35-11-10-16-50(47-35)42(55)36(46-41(54)39(26(3)4)48(7)38(53)24-51)19-27-17-30(20-31(52)18-27)29-12-13-37(32(33)21-29)49(40)9-2/h12-15,17-18,20-21,23,26,35-36,39,47,51-52H,8-11,16,19,22,24-25H2,1-7H3,(H,46,54)/t35-,36-,39-/m0/s1. The lowest BCUT2D eigenvalue weighted by molar-refractivity contribution is -0.155. The summed E-state index contributed by atoms with van der Waals surface area (Å²) in [5, 5.41) is 26.0. The van der Waals surface area contributed by atoms with Gasteiger partial charge in [0.25, 0.3) is 5.91 Å². The summed E-state index contributed by atoms with van der Waals surface area (Å²) in [7, 11) is 1.44. The molecule has 57 heavy (non-hydrogen) atoms. The molecule has 4 N–H and O–H groups in total. The first kappa shape index (κ1) is 41.4. The second-order valence-corrected chi connectivity index (χ2v) is 16.5. The highest BCUT2D eigenvalue weighted by Crippen LogP contribution is 2.41. The summed E-state index contributed by atoms with van der Waals surface area (Å²) < 4.78 is 8.36. The normalized spacial score (nSPS) is 19.2. The van der Waals surface area contributed by atoms with E-state index in [1.54, 1.807) is 26.0 Å². The lowest BCUT2D eigenvalue weighted by Gasteiger charge is -2.36. The molecule has 2 aliphatic rings. The fourth-order valence-electron chi connectivity index (χ4n) is 8.41. The van der Waals surface area contributed by atoms with Gasteiger partial charge in [0.05, 0.1) is 12.3 Å². The molecule has 3 amide bonds. The summed E-state index contributed by atoms with van der Waals surface area (Å²) in [4.78, 5) is 60.3. The molecular weight excluding hydrogens is 725 g/mol. The maximum atomic E-state index is 14.4. The van der Waals surface area contributed by atoms with Crippen LogP contribution in [-0.4, -0.2) is 98.3 Å². The number of nitrogens with one attached hydrogen (secondary N) is 2. The van der Waals surface area contributed by atoms with E-state index in [0.717, 1.165) is 45.3 Å². The first-order chi connectivity index (χ1) is 27.2. The number of pyridine rings is 1. The minimum absolute atomic E-state index is 0.000583. The van der Waals surface area contributed by atoms with E-state index in [0.29, 0.717) is 31.4 Å². The van der Waals surface area contributed by atoms with Gasteiger partial charge in [-0.25, -0.2) is 5.43 Å². The predicted molar refractivity (Wildman–Crippen MR) is 218 cm³/mol. The van der Waals surface area contributed by atoms with Crippen LogP contribution in [-0.2, 0) is 49.7 Å². The molecular formula is C44H56N6O7. The number of likely N-dealkylation sites (N-methyl/N-ethyl adjacent to an activating group) is 1. The van der Waals surface area contributed by atoms with Crippen molar-refractivity contribution in [3.63, 3.8) is 0 Å². The van der Waals surface area contributed by atoms with Crippen LogP contribution in [0.1, 0.15) is 71.1 Å². The van der Waals surface area contributed by atoms with Crippen molar-refractivity contribution in [1.82, 2.24) is 30.2 Å². The number of benzene rings is 2. The maximum Gasteiger partial charge on any atom is 0.324 e. The van der Waals surface area contributed by atoms with E-state index in [1.807, 2.05) is 24.5 Å². The van der Waals surface area contributed by atoms with Gasteiger partial charge in [0.15, 0.2) is 0 Å². The highest BCUT2D eigenvalue weighted by molar-refractivity contribution is 5.96. The van der Waals surface area contributed by atoms with Gasteiger partial charge in [-0.2, -0.15) is 0 Å². The predicted octanol–water partition coefficient (Wildman–Crippen LogP) is 4.78. The first-order valence-corrected chi connectivity index (χ1v) is 20.0. The molecule has 2 aromatic heterocycles. The van der Waals surface area contributed by atoms with Crippen molar-refractivity contribution in [2.45, 2.75) is 98.3 Å². The molecule has 0 radical (unpaired) electrons. The van der Waals surface area contributed by atoms with Crippen molar-refractivity contribution < 1.29 is 34.1 Å². The molecule has 1 saturated heterocycles. The van der Waals surface area contributed by atoms with E-state index in [2.05, 4.69) is 66.2 Å². The molecule has 4 aromatic rings. The first-order valence-electron chi connectivity index (χ1n) is 20.0. The number of carbonyl (C=O) groups excluding carboxylic acids is 4. The largest absolute Gasteiger partial charge is 0.508 e. The second kappa shape index (κ2) is 17.1. The number of rotatable bonds is 8. The molecule has 304 valence electrons. The van der Waals surface area contributed by atoms with E-state index in [1.165, 1.54) is 22.5 Å². The Morgan fingerprint density at radius 2 is 1.88 bits per heavy atom. The molecule has 0 saturated carbocycles. The Bertz CT molecular complexity index is 2160. The monoisotopic (exact) mass is 780 g/mol. The van der Waals surface area contributed by atoms with Crippen molar-refractivity contribution in [3.8, 4) is 28.1 Å². The van der Waals surface area contributed by atoms with Crippen LogP contribution >= 0.6 is 0 Å². The fourth-order valence-corrected chi connectivity index (χ4v) is 8.41. The van der Waals surface area contributed by atoms with E-state index >= 15 is 0 Å². The Hall–Kier alpha value is -5.27. The third-order valence-corrected chi connectivity index (χ3v) is 11.2. The minimum atomic E-state index is -1.14. The average molecular weight is 781 g/mol. The van der Waals surface area contributed by atoms with Crippen molar-refractivity contribution in [3.05, 3.63) is 71.5 Å². The molecule has 6 rings (SSSR count). The number of aliphatic hydroxyl groups is 1. The number of aromatic nitrogens is 2. The highest BCUT2D eigenvalue weighted by Gasteiger charge is 2.37. The van der Waals surface area contributed by atoms with Gasteiger partial charge in [-0.3, -0.25) is 29.2 Å². The topological polar surface area (TPSA) is 166 Å². The van der Waals surface area contributed by atoms with Crippen LogP contribution in [0.2, 0.25) is 0 Å². The molecule has 0 unspecified atom stereocenters. The third kappa shape index (κ3) is 8.69. The number of amides is 3.